The Morgan fingerprint density at radius 3 is 2.23 bits per heavy atom. The lowest BCUT2D eigenvalue weighted by atomic mass is 10.1. The van der Waals surface area contributed by atoms with Gasteiger partial charge in [0.15, 0.2) is 11.5 Å². The van der Waals surface area contributed by atoms with Crippen LogP contribution in [-0.2, 0) is 0 Å². The summed E-state index contributed by atoms with van der Waals surface area (Å²) < 4.78 is 15.8. The minimum atomic E-state index is -0.546. The van der Waals surface area contributed by atoms with Gasteiger partial charge in [0.05, 0.1) is 31.6 Å². The SMILES string of the molecule is COc1ccc(C(=O)Oc2ccc(/C=N\NC(=O)c3cc4ccccc4cc3O)cc2)cc1OC. The number of nitrogens with zero attached hydrogens (tertiary/aromatic N) is 1. The number of phenols is 1. The molecule has 0 radical (unpaired) electrons. The van der Waals surface area contributed by atoms with Gasteiger partial charge in [-0.2, -0.15) is 5.10 Å². The van der Waals surface area contributed by atoms with Crippen molar-refractivity contribution in [3.63, 3.8) is 0 Å². The van der Waals surface area contributed by atoms with E-state index >= 15 is 0 Å². The molecule has 8 heteroatoms. The number of amides is 1. The fourth-order valence-electron chi connectivity index (χ4n) is 3.39. The molecule has 4 aromatic carbocycles. The van der Waals surface area contributed by atoms with E-state index in [2.05, 4.69) is 10.5 Å². The van der Waals surface area contributed by atoms with Gasteiger partial charge in [-0.1, -0.05) is 24.3 Å². The lowest BCUT2D eigenvalue weighted by molar-refractivity contribution is 0.0734. The molecule has 0 heterocycles. The van der Waals surface area contributed by atoms with Gasteiger partial charge < -0.3 is 19.3 Å². The van der Waals surface area contributed by atoms with Crippen molar-refractivity contribution >= 4 is 28.9 Å². The second-order valence-electron chi connectivity index (χ2n) is 7.44. The van der Waals surface area contributed by atoms with Crippen molar-refractivity contribution in [2.24, 2.45) is 5.10 Å². The normalized spacial score (nSPS) is 10.8. The van der Waals surface area contributed by atoms with Gasteiger partial charge in [0, 0.05) is 0 Å². The number of carbonyl (C=O) groups excluding carboxylic acids is 2. The fraction of sp³-hybridized carbons (Fsp3) is 0.0741. The molecule has 35 heavy (non-hydrogen) atoms. The number of rotatable bonds is 7. The van der Waals surface area contributed by atoms with Gasteiger partial charge in [-0.05, 0) is 70.9 Å². The molecule has 0 saturated carbocycles. The molecule has 0 fully saturated rings. The average Bonchev–Trinajstić information content (AvgIpc) is 2.88. The highest BCUT2D eigenvalue weighted by atomic mass is 16.5. The number of esters is 1. The summed E-state index contributed by atoms with van der Waals surface area (Å²) in [5.41, 5.74) is 3.51. The second-order valence-corrected chi connectivity index (χ2v) is 7.44. The van der Waals surface area contributed by atoms with Crippen molar-refractivity contribution in [3.8, 4) is 23.0 Å². The number of nitrogens with one attached hydrogen (secondary N) is 1. The number of ether oxygens (including phenoxy) is 3. The van der Waals surface area contributed by atoms with E-state index in [-0.39, 0.29) is 11.3 Å². The minimum Gasteiger partial charge on any atom is -0.507 e. The van der Waals surface area contributed by atoms with Crippen LogP contribution in [0.4, 0.5) is 0 Å². The van der Waals surface area contributed by atoms with E-state index in [1.807, 2.05) is 24.3 Å². The molecule has 2 N–H and O–H groups in total. The van der Waals surface area contributed by atoms with Crippen molar-refractivity contribution in [1.82, 2.24) is 5.43 Å². The van der Waals surface area contributed by atoms with Crippen molar-refractivity contribution in [2.45, 2.75) is 0 Å². The highest BCUT2D eigenvalue weighted by molar-refractivity contribution is 6.01. The zero-order valence-electron chi connectivity index (χ0n) is 19.0. The van der Waals surface area contributed by atoms with E-state index in [1.165, 1.54) is 32.6 Å². The van der Waals surface area contributed by atoms with Gasteiger partial charge in [-0.25, -0.2) is 10.2 Å². The molecule has 0 spiro atoms. The van der Waals surface area contributed by atoms with Crippen LogP contribution in [0, 0.1) is 0 Å². The first-order valence-corrected chi connectivity index (χ1v) is 10.6. The largest absolute Gasteiger partial charge is 0.507 e. The van der Waals surface area contributed by atoms with E-state index in [4.69, 9.17) is 14.2 Å². The van der Waals surface area contributed by atoms with Gasteiger partial charge in [-0.3, -0.25) is 4.79 Å². The fourth-order valence-corrected chi connectivity index (χ4v) is 3.39. The monoisotopic (exact) mass is 470 g/mol. The smallest absolute Gasteiger partial charge is 0.343 e. The Labute approximate surface area is 201 Å². The first-order chi connectivity index (χ1) is 17.0. The van der Waals surface area contributed by atoms with E-state index in [0.29, 0.717) is 28.4 Å². The molecule has 0 aliphatic heterocycles. The quantitative estimate of drug-likeness (QED) is 0.178. The summed E-state index contributed by atoms with van der Waals surface area (Å²) in [7, 11) is 3.00. The van der Waals surface area contributed by atoms with Gasteiger partial charge in [-0.15, -0.1) is 0 Å². The number of fused-ring (bicyclic) bond motifs is 1. The predicted molar refractivity (Wildman–Crippen MR) is 132 cm³/mol. The molecule has 8 nitrogen and oxygen atoms in total. The van der Waals surface area contributed by atoms with Crippen LogP contribution in [0.2, 0.25) is 0 Å². The molecule has 4 aromatic rings. The van der Waals surface area contributed by atoms with Crippen molar-refractivity contribution in [3.05, 3.63) is 95.6 Å². The summed E-state index contributed by atoms with van der Waals surface area (Å²) in [5.74, 6) is 0.0621. The van der Waals surface area contributed by atoms with E-state index in [1.54, 1.807) is 42.5 Å². The Balaban J connectivity index is 1.38. The number of benzene rings is 4. The van der Waals surface area contributed by atoms with Crippen LogP contribution in [0.5, 0.6) is 23.0 Å². The Kier molecular flexibility index (Phi) is 6.92. The van der Waals surface area contributed by atoms with E-state index in [0.717, 1.165) is 10.8 Å². The summed E-state index contributed by atoms with van der Waals surface area (Å²) in [5, 5.41) is 15.8. The summed E-state index contributed by atoms with van der Waals surface area (Å²) in [6.07, 6.45) is 1.44. The van der Waals surface area contributed by atoms with Crippen LogP contribution < -0.4 is 19.6 Å². The molecule has 176 valence electrons. The zero-order chi connectivity index (χ0) is 24.8. The number of hydrogen-bond donors (Lipinski definition) is 2. The predicted octanol–water partition coefficient (Wildman–Crippen LogP) is 4.55. The molecule has 0 aliphatic carbocycles. The minimum absolute atomic E-state index is 0.123. The maximum atomic E-state index is 12.4. The Hall–Kier alpha value is -4.85. The molecular formula is C27H22N2O6. The first-order valence-electron chi connectivity index (χ1n) is 10.6. The number of hydrazone groups is 1. The Morgan fingerprint density at radius 2 is 1.54 bits per heavy atom. The molecule has 0 unspecified atom stereocenters. The lowest BCUT2D eigenvalue weighted by Gasteiger charge is -2.09. The topological polar surface area (TPSA) is 106 Å². The highest BCUT2D eigenvalue weighted by Crippen LogP contribution is 2.28. The van der Waals surface area contributed by atoms with Crippen LogP contribution in [0.25, 0.3) is 10.8 Å². The molecule has 0 bridgehead atoms. The second kappa shape index (κ2) is 10.4. The summed E-state index contributed by atoms with van der Waals surface area (Å²) in [6.45, 7) is 0. The number of phenolic OH excluding ortho intramolecular Hbond substituents is 1. The van der Waals surface area contributed by atoms with Crippen molar-refractivity contribution in [2.75, 3.05) is 14.2 Å². The lowest BCUT2D eigenvalue weighted by Crippen LogP contribution is -2.17. The maximum absolute atomic E-state index is 12.4. The zero-order valence-corrected chi connectivity index (χ0v) is 19.0. The van der Waals surface area contributed by atoms with Crippen LogP contribution >= 0.6 is 0 Å². The average molecular weight is 470 g/mol. The number of carbonyl (C=O) groups is 2. The van der Waals surface area contributed by atoms with Crippen molar-refractivity contribution < 1.29 is 28.9 Å². The standard InChI is InChI=1S/C27H22N2O6/c1-33-24-12-9-20(15-25(24)34-2)27(32)35-21-10-7-17(8-11-21)16-28-29-26(31)22-13-18-5-3-4-6-19(18)14-23(22)30/h3-16,30H,1-2H3,(H,29,31)/b28-16-. The molecule has 0 aromatic heterocycles. The summed E-state index contributed by atoms with van der Waals surface area (Å²) >= 11 is 0. The molecule has 0 saturated heterocycles. The Bertz CT molecular complexity index is 1410. The van der Waals surface area contributed by atoms with E-state index < -0.39 is 11.9 Å². The third kappa shape index (κ3) is 5.39. The van der Waals surface area contributed by atoms with Crippen LogP contribution in [0.1, 0.15) is 26.3 Å². The van der Waals surface area contributed by atoms with Crippen LogP contribution in [0.3, 0.4) is 0 Å². The molecule has 0 atom stereocenters. The number of methoxy groups -OCH3 is 2. The van der Waals surface area contributed by atoms with E-state index in [9.17, 15) is 14.7 Å². The molecule has 0 aliphatic rings. The maximum Gasteiger partial charge on any atom is 0.343 e. The number of hydrogen-bond acceptors (Lipinski definition) is 7. The van der Waals surface area contributed by atoms with Gasteiger partial charge in [0.2, 0.25) is 0 Å². The molecular weight excluding hydrogens is 448 g/mol. The Morgan fingerprint density at radius 1 is 0.857 bits per heavy atom. The summed E-state index contributed by atoms with van der Waals surface area (Å²) in [4.78, 5) is 24.9. The molecule has 4 rings (SSSR count). The van der Waals surface area contributed by atoms with Crippen molar-refractivity contribution in [1.29, 1.82) is 0 Å². The van der Waals surface area contributed by atoms with Gasteiger partial charge in [0.1, 0.15) is 11.5 Å². The third-order valence-electron chi connectivity index (χ3n) is 5.20. The highest BCUT2D eigenvalue weighted by Gasteiger charge is 2.13. The molecule has 1 amide bonds. The van der Waals surface area contributed by atoms with Gasteiger partial charge in [0.25, 0.3) is 5.91 Å². The summed E-state index contributed by atoms with van der Waals surface area (Å²) in [6, 6.07) is 21.9. The van der Waals surface area contributed by atoms with Gasteiger partial charge >= 0.3 is 5.97 Å². The third-order valence-corrected chi connectivity index (χ3v) is 5.20. The number of aromatic hydroxyl groups is 1. The van der Waals surface area contributed by atoms with Crippen LogP contribution in [-0.4, -0.2) is 37.4 Å². The van der Waals surface area contributed by atoms with Crippen LogP contribution in [0.15, 0.2) is 84.0 Å². The first kappa shape index (κ1) is 23.3.